The van der Waals surface area contributed by atoms with E-state index in [1.807, 2.05) is 29.5 Å². The first kappa shape index (κ1) is 20.9. The number of halogens is 1. The molecule has 0 saturated carbocycles. The first-order chi connectivity index (χ1) is 12.0. The van der Waals surface area contributed by atoms with E-state index in [9.17, 15) is 14.7 Å². The van der Waals surface area contributed by atoms with Crippen LogP contribution in [0.25, 0.3) is 0 Å². The maximum atomic E-state index is 12.1. The normalized spacial score (nSPS) is 26.2. The minimum atomic E-state index is -1.05. The van der Waals surface area contributed by atoms with Crippen LogP contribution in [0.1, 0.15) is 26.0 Å². The van der Waals surface area contributed by atoms with Gasteiger partial charge in [0.05, 0.1) is 10.2 Å². The molecule has 0 aromatic carbocycles. The monoisotopic (exact) mass is 486 g/mol. The summed E-state index contributed by atoms with van der Waals surface area (Å²) in [5, 5.41) is 10.6. The van der Waals surface area contributed by atoms with Gasteiger partial charge in [-0.25, -0.2) is 4.79 Å². The van der Waals surface area contributed by atoms with Crippen molar-refractivity contribution < 1.29 is 19.3 Å². The average Bonchev–Trinajstić information content (AvgIpc) is 2.88. The fraction of sp³-hybridized carbons (Fsp3) is 0.733. The van der Waals surface area contributed by atoms with Gasteiger partial charge in [0, 0.05) is 19.4 Å². The SMILES string of the molecule is CCOC1C(O)[C@H](n2cc(I)c(=O)[nH]c2=O)O[C@@H]1COCCCCS. The van der Waals surface area contributed by atoms with Gasteiger partial charge in [-0.15, -0.1) is 0 Å². The van der Waals surface area contributed by atoms with E-state index in [-0.39, 0.29) is 6.61 Å². The first-order valence-electron chi connectivity index (χ1n) is 8.14. The molecular weight excluding hydrogens is 463 g/mol. The second-order valence-corrected chi connectivity index (χ2v) is 7.23. The minimum Gasteiger partial charge on any atom is -0.386 e. The molecular formula is C15H23IN2O6S. The molecule has 1 fully saturated rings. The van der Waals surface area contributed by atoms with Crippen LogP contribution in [0.2, 0.25) is 0 Å². The van der Waals surface area contributed by atoms with Crippen molar-refractivity contribution in [3.63, 3.8) is 0 Å². The summed E-state index contributed by atoms with van der Waals surface area (Å²) in [4.78, 5) is 25.8. The zero-order valence-electron chi connectivity index (χ0n) is 13.9. The van der Waals surface area contributed by atoms with Crippen LogP contribution >= 0.6 is 35.2 Å². The van der Waals surface area contributed by atoms with E-state index in [1.165, 1.54) is 10.8 Å². The Morgan fingerprint density at radius 3 is 2.88 bits per heavy atom. The summed E-state index contributed by atoms with van der Waals surface area (Å²) in [5.74, 6) is 0.805. The van der Waals surface area contributed by atoms with E-state index < -0.39 is 35.8 Å². The Labute approximate surface area is 164 Å². The van der Waals surface area contributed by atoms with Crippen LogP contribution in [0.3, 0.4) is 0 Å². The molecule has 2 N–H and O–H groups in total. The van der Waals surface area contributed by atoms with E-state index in [0.29, 0.717) is 16.8 Å². The van der Waals surface area contributed by atoms with E-state index in [4.69, 9.17) is 14.2 Å². The van der Waals surface area contributed by atoms with E-state index in [0.717, 1.165) is 18.6 Å². The molecule has 1 aromatic rings. The molecule has 2 rings (SSSR count). The molecule has 0 aliphatic carbocycles. The second-order valence-electron chi connectivity index (χ2n) is 5.62. The van der Waals surface area contributed by atoms with Gasteiger partial charge in [0.15, 0.2) is 6.23 Å². The van der Waals surface area contributed by atoms with Crippen molar-refractivity contribution in [1.29, 1.82) is 0 Å². The largest absolute Gasteiger partial charge is 0.386 e. The van der Waals surface area contributed by atoms with Gasteiger partial charge in [0.2, 0.25) is 0 Å². The van der Waals surface area contributed by atoms with Crippen LogP contribution < -0.4 is 11.2 Å². The second kappa shape index (κ2) is 10.1. The summed E-state index contributed by atoms with van der Waals surface area (Å²) in [5.41, 5.74) is -1.11. The highest BCUT2D eigenvalue weighted by Crippen LogP contribution is 2.30. The Balaban J connectivity index is 2.11. The van der Waals surface area contributed by atoms with Gasteiger partial charge in [-0.2, -0.15) is 12.6 Å². The molecule has 0 radical (unpaired) electrons. The fourth-order valence-electron chi connectivity index (χ4n) is 2.65. The number of aliphatic hydroxyl groups is 1. The number of ether oxygens (including phenoxy) is 3. The van der Waals surface area contributed by atoms with Gasteiger partial charge in [-0.1, -0.05) is 0 Å². The number of aromatic amines is 1. The Morgan fingerprint density at radius 2 is 2.20 bits per heavy atom. The fourth-order valence-corrected chi connectivity index (χ4v) is 3.31. The van der Waals surface area contributed by atoms with Gasteiger partial charge < -0.3 is 19.3 Å². The summed E-state index contributed by atoms with van der Waals surface area (Å²) < 4.78 is 18.5. The maximum Gasteiger partial charge on any atom is 0.330 e. The molecule has 1 aliphatic heterocycles. The molecule has 0 amide bonds. The van der Waals surface area contributed by atoms with Crippen LogP contribution in [-0.4, -0.2) is 58.5 Å². The number of hydrogen-bond donors (Lipinski definition) is 3. The molecule has 1 aromatic heterocycles. The number of nitrogens with one attached hydrogen (secondary N) is 1. The van der Waals surface area contributed by atoms with Gasteiger partial charge in [-0.05, 0) is 48.1 Å². The highest BCUT2D eigenvalue weighted by Gasteiger charge is 2.45. The number of hydrogen-bond acceptors (Lipinski definition) is 7. The van der Waals surface area contributed by atoms with Gasteiger partial charge in [0.25, 0.3) is 5.56 Å². The maximum absolute atomic E-state index is 12.1. The molecule has 1 aliphatic rings. The average molecular weight is 486 g/mol. The minimum absolute atomic E-state index is 0.250. The van der Waals surface area contributed by atoms with Crippen LogP contribution in [-0.2, 0) is 14.2 Å². The zero-order valence-corrected chi connectivity index (χ0v) is 16.9. The zero-order chi connectivity index (χ0) is 18.4. The molecule has 0 bridgehead atoms. The van der Waals surface area contributed by atoms with Gasteiger partial charge in [0.1, 0.15) is 18.3 Å². The Bertz CT molecular complexity index is 666. The Morgan fingerprint density at radius 1 is 1.44 bits per heavy atom. The molecule has 2 heterocycles. The summed E-state index contributed by atoms with van der Waals surface area (Å²) in [6, 6.07) is 0. The van der Waals surface area contributed by atoms with Crippen molar-refractivity contribution in [1.82, 2.24) is 9.55 Å². The number of nitrogens with zero attached hydrogens (tertiary/aromatic N) is 1. The standard InChI is InChI=1S/C15H23IN2O6S/c1-2-23-12-10(8-22-5-3-4-6-25)24-14(11(12)19)18-7-9(16)13(20)17-15(18)21/h7,10-12,14,19,25H,2-6,8H2,1H3,(H,17,20,21)/t10-,11?,12?,14-/m1/s1. The summed E-state index contributed by atoms with van der Waals surface area (Å²) >= 11 is 5.97. The van der Waals surface area contributed by atoms with Gasteiger partial charge >= 0.3 is 5.69 Å². The van der Waals surface area contributed by atoms with E-state index in [1.54, 1.807) is 0 Å². The van der Waals surface area contributed by atoms with Crippen molar-refractivity contribution in [2.24, 2.45) is 0 Å². The third-order valence-electron chi connectivity index (χ3n) is 3.85. The van der Waals surface area contributed by atoms with Crippen molar-refractivity contribution in [3.8, 4) is 0 Å². The third kappa shape index (κ3) is 5.30. The van der Waals surface area contributed by atoms with Crippen molar-refractivity contribution >= 4 is 35.2 Å². The molecule has 4 atom stereocenters. The summed E-state index contributed by atoms with van der Waals surface area (Å²) in [6.07, 6.45) is 0.0998. The van der Waals surface area contributed by atoms with Crippen LogP contribution in [0.15, 0.2) is 15.8 Å². The molecule has 10 heteroatoms. The lowest BCUT2D eigenvalue weighted by Crippen LogP contribution is -2.39. The van der Waals surface area contributed by atoms with Crippen molar-refractivity contribution in [2.45, 2.75) is 44.3 Å². The summed E-state index contributed by atoms with van der Waals surface area (Å²) in [7, 11) is 0. The molecule has 2 unspecified atom stereocenters. The van der Waals surface area contributed by atoms with Crippen LogP contribution in [0.5, 0.6) is 0 Å². The molecule has 8 nitrogen and oxygen atoms in total. The number of H-pyrrole nitrogens is 1. The highest BCUT2D eigenvalue weighted by molar-refractivity contribution is 14.1. The van der Waals surface area contributed by atoms with E-state index >= 15 is 0 Å². The molecule has 25 heavy (non-hydrogen) atoms. The predicted octanol–water partition coefficient (Wildman–Crippen LogP) is 0.531. The summed E-state index contributed by atoms with van der Waals surface area (Å²) in [6.45, 7) is 3.03. The van der Waals surface area contributed by atoms with Gasteiger partial charge in [-0.3, -0.25) is 14.3 Å². The smallest absolute Gasteiger partial charge is 0.330 e. The van der Waals surface area contributed by atoms with Crippen molar-refractivity contribution in [2.75, 3.05) is 25.6 Å². The van der Waals surface area contributed by atoms with Crippen LogP contribution in [0.4, 0.5) is 0 Å². The third-order valence-corrected chi connectivity index (χ3v) is 4.93. The van der Waals surface area contributed by atoms with Crippen LogP contribution in [0, 0.1) is 3.57 Å². The van der Waals surface area contributed by atoms with E-state index in [2.05, 4.69) is 17.6 Å². The van der Waals surface area contributed by atoms with Crippen molar-refractivity contribution in [3.05, 3.63) is 30.6 Å². The predicted molar refractivity (Wildman–Crippen MR) is 103 cm³/mol. The lowest BCUT2D eigenvalue weighted by Gasteiger charge is -2.20. The number of unbranched alkanes of at least 4 members (excludes halogenated alkanes) is 1. The lowest BCUT2D eigenvalue weighted by molar-refractivity contribution is -0.0761. The topological polar surface area (TPSA) is 103 Å². The molecule has 1 saturated heterocycles. The quantitative estimate of drug-likeness (QED) is 0.268. The first-order valence-corrected chi connectivity index (χ1v) is 9.85. The number of thiol groups is 1. The molecule has 0 spiro atoms. The highest BCUT2D eigenvalue weighted by atomic mass is 127. The molecule has 142 valence electrons. The lowest BCUT2D eigenvalue weighted by atomic mass is 10.1. The Kier molecular flexibility index (Phi) is 8.42. The number of aliphatic hydroxyl groups excluding tert-OH is 1. The number of aromatic nitrogens is 2. The number of rotatable bonds is 9. The Hall–Kier alpha value is -0.400.